The standard InChI is InChI=1S/C15H16BF3O7S/c1-8(2)13(20)25-11-5-9(6-16)3-4-10(11)14(21)26-12(15(17,18)19)7-27(22,23)24/h3-5,8,12H,6-7H2,1-2H3,(H,22,23,24). The summed E-state index contributed by atoms with van der Waals surface area (Å²) in [6, 6.07) is 3.52. The van der Waals surface area contributed by atoms with Crippen LogP contribution in [0.25, 0.3) is 0 Å². The minimum Gasteiger partial charge on any atom is -0.448 e. The minimum atomic E-state index is -5.25. The van der Waals surface area contributed by atoms with Crippen LogP contribution in [0.1, 0.15) is 29.8 Å². The Hall–Kier alpha value is -2.08. The normalized spacial score (nSPS) is 13.3. The fraction of sp³-hybridized carbons (Fsp3) is 0.467. The van der Waals surface area contributed by atoms with Gasteiger partial charge >= 0.3 is 18.1 Å². The van der Waals surface area contributed by atoms with Crippen molar-refractivity contribution in [3.05, 3.63) is 29.3 Å². The Morgan fingerprint density at radius 2 is 1.85 bits per heavy atom. The van der Waals surface area contributed by atoms with E-state index in [1.54, 1.807) is 0 Å². The van der Waals surface area contributed by atoms with Crippen molar-refractivity contribution in [2.75, 3.05) is 5.75 Å². The van der Waals surface area contributed by atoms with Gasteiger partial charge in [-0.1, -0.05) is 31.8 Å². The van der Waals surface area contributed by atoms with Crippen molar-refractivity contribution in [3.8, 4) is 5.75 Å². The molecule has 0 fully saturated rings. The Bertz CT molecular complexity index is 806. The van der Waals surface area contributed by atoms with Gasteiger partial charge in [0.25, 0.3) is 10.1 Å². The van der Waals surface area contributed by atoms with E-state index >= 15 is 0 Å². The van der Waals surface area contributed by atoms with Crippen molar-refractivity contribution in [2.45, 2.75) is 32.4 Å². The van der Waals surface area contributed by atoms with Crippen LogP contribution in [-0.4, -0.2) is 50.8 Å². The molecule has 0 saturated heterocycles. The highest BCUT2D eigenvalue weighted by Gasteiger charge is 2.45. The number of carbonyl (C=O) groups excluding carboxylic acids is 2. The molecule has 148 valence electrons. The molecular weight excluding hydrogens is 392 g/mol. The first-order valence-electron chi connectivity index (χ1n) is 7.52. The van der Waals surface area contributed by atoms with Crippen LogP contribution in [0.2, 0.25) is 0 Å². The third-order valence-corrected chi connectivity index (χ3v) is 3.88. The molecule has 1 rings (SSSR count). The third-order valence-electron chi connectivity index (χ3n) is 3.16. The zero-order chi connectivity index (χ0) is 21.0. The second kappa shape index (κ2) is 8.74. The maximum absolute atomic E-state index is 12.9. The van der Waals surface area contributed by atoms with Crippen molar-refractivity contribution < 1.29 is 45.2 Å². The predicted molar refractivity (Wildman–Crippen MR) is 88.0 cm³/mol. The number of benzene rings is 1. The molecule has 0 saturated carbocycles. The van der Waals surface area contributed by atoms with E-state index in [1.807, 2.05) is 0 Å². The summed E-state index contributed by atoms with van der Waals surface area (Å²) in [6.07, 6.45) is -8.37. The lowest BCUT2D eigenvalue weighted by Crippen LogP contribution is -2.39. The Kier molecular flexibility index (Phi) is 7.44. The van der Waals surface area contributed by atoms with Gasteiger partial charge in [0.2, 0.25) is 6.10 Å². The Morgan fingerprint density at radius 1 is 1.26 bits per heavy atom. The zero-order valence-electron chi connectivity index (χ0n) is 14.3. The minimum absolute atomic E-state index is 0.00448. The van der Waals surface area contributed by atoms with Crippen LogP contribution in [0.4, 0.5) is 13.2 Å². The average molecular weight is 408 g/mol. The molecule has 1 aromatic rings. The number of ether oxygens (including phenoxy) is 2. The van der Waals surface area contributed by atoms with Crippen molar-refractivity contribution in [3.63, 3.8) is 0 Å². The van der Waals surface area contributed by atoms with E-state index < -0.39 is 51.6 Å². The van der Waals surface area contributed by atoms with Crippen LogP contribution < -0.4 is 4.74 Å². The van der Waals surface area contributed by atoms with Gasteiger partial charge in [0, 0.05) is 0 Å². The Labute approximate surface area is 155 Å². The molecule has 2 radical (unpaired) electrons. The summed E-state index contributed by atoms with van der Waals surface area (Å²) in [5.74, 6) is -5.20. The first kappa shape index (κ1) is 23.0. The largest absolute Gasteiger partial charge is 0.448 e. The highest BCUT2D eigenvalue weighted by molar-refractivity contribution is 7.85. The van der Waals surface area contributed by atoms with E-state index in [0.29, 0.717) is 5.56 Å². The topological polar surface area (TPSA) is 107 Å². The van der Waals surface area contributed by atoms with Gasteiger partial charge in [-0.05, 0) is 12.1 Å². The number of halogens is 3. The molecule has 27 heavy (non-hydrogen) atoms. The molecule has 1 N–H and O–H groups in total. The molecule has 12 heteroatoms. The first-order valence-corrected chi connectivity index (χ1v) is 9.13. The quantitative estimate of drug-likeness (QED) is 0.318. The van der Waals surface area contributed by atoms with E-state index in [4.69, 9.17) is 17.1 Å². The highest BCUT2D eigenvalue weighted by atomic mass is 32.2. The number of hydrogen-bond acceptors (Lipinski definition) is 6. The lowest BCUT2D eigenvalue weighted by molar-refractivity contribution is -0.197. The number of hydrogen-bond donors (Lipinski definition) is 1. The third kappa shape index (κ3) is 7.22. The molecule has 1 atom stereocenters. The molecule has 0 aliphatic carbocycles. The summed E-state index contributed by atoms with van der Waals surface area (Å²) >= 11 is 0. The summed E-state index contributed by atoms with van der Waals surface area (Å²) in [5.41, 5.74) is -0.116. The summed E-state index contributed by atoms with van der Waals surface area (Å²) in [7, 11) is 0.358. The highest BCUT2D eigenvalue weighted by Crippen LogP contribution is 2.28. The van der Waals surface area contributed by atoms with Crippen LogP contribution in [0.15, 0.2) is 18.2 Å². The number of alkyl halides is 3. The molecule has 0 spiro atoms. The van der Waals surface area contributed by atoms with E-state index in [0.717, 1.165) is 6.07 Å². The number of esters is 2. The number of rotatable bonds is 7. The summed E-state index contributed by atoms with van der Waals surface area (Å²) in [4.78, 5) is 23.9. The Morgan fingerprint density at radius 3 is 2.30 bits per heavy atom. The summed E-state index contributed by atoms with van der Waals surface area (Å²) in [5, 5.41) is 0. The van der Waals surface area contributed by atoms with Crippen LogP contribution >= 0.6 is 0 Å². The van der Waals surface area contributed by atoms with E-state index in [-0.39, 0.29) is 12.1 Å². The first-order chi connectivity index (χ1) is 12.2. The van der Waals surface area contributed by atoms with Crippen LogP contribution in [0.3, 0.4) is 0 Å². The second-order valence-corrected chi connectivity index (χ2v) is 7.29. The average Bonchev–Trinajstić information content (AvgIpc) is 2.51. The van der Waals surface area contributed by atoms with Crippen LogP contribution in [-0.2, 0) is 26.0 Å². The van der Waals surface area contributed by atoms with E-state index in [9.17, 15) is 31.2 Å². The molecule has 0 heterocycles. The summed E-state index contributed by atoms with van der Waals surface area (Å²) in [6.45, 7) is 3.00. The molecule has 0 aromatic heterocycles. The smallest absolute Gasteiger partial charge is 0.426 e. The van der Waals surface area contributed by atoms with Gasteiger partial charge in [0.15, 0.2) is 0 Å². The van der Waals surface area contributed by atoms with Gasteiger partial charge in [-0.25, -0.2) is 4.79 Å². The molecule has 0 aliphatic heterocycles. The van der Waals surface area contributed by atoms with Crippen molar-refractivity contribution >= 4 is 29.9 Å². The van der Waals surface area contributed by atoms with Crippen molar-refractivity contribution in [1.82, 2.24) is 0 Å². The van der Waals surface area contributed by atoms with Crippen LogP contribution in [0, 0.1) is 5.92 Å². The zero-order valence-corrected chi connectivity index (χ0v) is 15.1. The molecule has 1 unspecified atom stereocenters. The van der Waals surface area contributed by atoms with Crippen molar-refractivity contribution in [2.24, 2.45) is 5.92 Å². The maximum Gasteiger partial charge on any atom is 0.426 e. The fourth-order valence-corrected chi connectivity index (χ4v) is 2.39. The lowest BCUT2D eigenvalue weighted by atomic mass is 9.96. The fourth-order valence-electron chi connectivity index (χ4n) is 1.75. The van der Waals surface area contributed by atoms with Crippen LogP contribution in [0.5, 0.6) is 5.75 Å². The second-order valence-electron chi connectivity index (χ2n) is 5.79. The summed E-state index contributed by atoms with van der Waals surface area (Å²) < 4.78 is 78.1. The van der Waals surface area contributed by atoms with Gasteiger partial charge in [-0.2, -0.15) is 21.6 Å². The predicted octanol–water partition coefficient (Wildman–Crippen LogP) is 1.89. The molecule has 1 aromatic carbocycles. The molecular formula is C15H16BF3O7S. The van der Waals surface area contributed by atoms with E-state index in [1.165, 1.54) is 26.0 Å². The molecule has 0 bridgehead atoms. The molecule has 7 nitrogen and oxygen atoms in total. The van der Waals surface area contributed by atoms with Gasteiger partial charge < -0.3 is 9.47 Å². The van der Waals surface area contributed by atoms with Gasteiger partial charge in [-0.3, -0.25) is 9.35 Å². The molecule has 0 aliphatic rings. The van der Waals surface area contributed by atoms with E-state index in [2.05, 4.69) is 4.74 Å². The lowest BCUT2D eigenvalue weighted by Gasteiger charge is -2.20. The Balaban J connectivity index is 3.22. The monoisotopic (exact) mass is 408 g/mol. The van der Waals surface area contributed by atoms with Gasteiger partial charge in [0.1, 0.15) is 17.1 Å². The van der Waals surface area contributed by atoms with Gasteiger partial charge in [0.05, 0.1) is 13.8 Å². The SMILES string of the molecule is [B]Cc1ccc(C(=O)OC(CS(=O)(=O)O)C(F)(F)F)c(OC(=O)C(C)C)c1. The molecule has 0 amide bonds. The van der Waals surface area contributed by atoms with Gasteiger partial charge in [-0.15, -0.1) is 0 Å². The number of carbonyl (C=O) groups is 2. The van der Waals surface area contributed by atoms with Crippen molar-refractivity contribution in [1.29, 1.82) is 0 Å². The maximum atomic E-state index is 12.9.